The molecule has 92 valence electrons. The molecule has 1 aromatic carbocycles. The summed E-state index contributed by atoms with van der Waals surface area (Å²) in [6, 6.07) is 5.99. The Morgan fingerprint density at radius 3 is 2.65 bits per heavy atom. The second kappa shape index (κ2) is 5.50. The summed E-state index contributed by atoms with van der Waals surface area (Å²) in [6.45, 7) is 4.55. The smallest absolute Gasteiger partial charge is 0.255 e. The predicted molar refractivity (Wildman–Crippen MR) is 75.2 cm³/mol. The minimum absolute atomic E-state index is 0.0957. The lowest BCUT2D eigenvalue weighted by molar-refractivity contribution is 0.0629. The summed E-state index contributed by atoms with van der Waals surface area (Å²) < 4.78 is 1.80. The minimum Gasteiger partial charge on any atom is -0.333 e. The first kappa shape index (κ1) is 13.1. The Balaban J connectivity index is 2.22. The molecule has 1 aliphatic rings. The van der Waals surface area contributed by atoms with E-state index in [1.54, 1.807) is 0 Å². The van der Waals surface area contributed by atoms with Crippen molar-refractivity contribution >= 4 is 37.8 Å². The van der Waals surface area contributed by atoms with Crippen molar-refractivity contribution in [3.8, 4) is 0 Å². The molecular weight excluding hydrogens is 348 g/mol. The lowest BCUT2D eigenvalue weighted by atomic mass is 10.1. The van der Waals surface area contributed by atoms with Crippen molar-refractivity contribution in [2.75, 3.05) is 19.6 Å². The molecule has 0 aromatic heterocycles. The summed E-state index contributed by atoms with van der Waals surface area (Å²) in [4.78, 5) is 14.3. The average molecular weight is 362 g/mol. The SMILES string of the molecule is CCN(C(=O)c1ccc(Br)cc1Br)C1CNC1. The van der Waals surface area contributed by atoms with Crippen LogP contribution in [0.5, 0.6) is 0 Å². The second-order valence-corrected chi connectivity index (χ2v) is 5.80. The van der Waals surface area contributed by atoms with Crippen LogP contribution in [0.4, 0.5) is 0 Å². The van der Waals surface area contributed by atoms with Crippen molar-refractivity contribution in [2.45, 2.75) is 13.0 Å². The summed E-state index contributed by atoms with van der Waals surface area (Å²) in [7, 11) is 0. The molecule has 1 fully saturated rings. The Kier molecular flexibility index (Phi) is 4.22. The summed E-state index contributed by atoms with van der Waals surface area (Å²) in [6.07, 6.45) is 0. The van der Waals surface area contributed by atoms with Gasteiger partial charge in [-0.25, -0.2) is 0 Å². The number of likely N-dealkylation sites (N-methyl/N-ethyl adjacent to an activating group) is 1. The highest BCUT2D eigenvalue weighted by atomic mass is 79.9. The Labute approximate surface area is 118 Å². The van der Waals surface area contributed by atoms with Gasteiger partial charge in [-0.15, -0.1) is 0 Å². The lowest BCUT2D eigenvalue weighted by Crippen LogP contribution is -2.58. The van der Waals surface area contributed by atoms with Crippen molar-refractivity contribution in [1.82, 2.24) is 10.2 Å². The van der Waals surface area contributed by atoms with Crippen molar-refractivity contribution in [3.63, 3.8) is 0 Å². The van der Waals surface area contributed by atoms with Crippen molar-refractivity contribution in [2.24, 2.45) is 0 Å². The molecule has 0 bridgehead atoms. The van der Waals surface area contributed by atoms with Gasteiger partial charge in [0, 0.05) is 28.6 Å². The van der Waals surface area contributed by atoms with E-state index < -0.39 is 0 Å². The number of amides is 1. The van der Waals surface area contributed by atoms with Crippen molar-refractivity contribution in [3.05, 3.63) is 32.7 Å². The molecule has 0 radical (unpaired) electrons. The fraction of sp³-hybridized carbons (Fsp3) is 0.417. The van der Waals surface area contributed by atoms with Gasteiger partial charge in [0.25, 0.3) is 5.91 Å². The molecule has 2 rings (SSSR count). The summed E-state index contributed by atoms with van der Waals surface area (Å²) in [5.41, 5.74) is 0.724. The average Bonchev–Trinajstić information content (AvgIpc) is 2.22. The normalized spacial score (nSPS) is 15.5. The van der Waals surface area contributed by atoms with E-state index in [4.69, 9.17) is 0 Å². The number of benzene rings is 1. The number of hydrogen-bond donors (Lipinski definition) is 1. The molecule has 1 amide bonds. The maximum absolute atomic E-state index is 12.4. The number of nitrogens with one attached hydrogen (secondary N) is 1. The van der Waals surface area contributed by atoms with Crippen LogP contribution in [-0.2, 0) is 0 Å². The molecule has 1 heterocycles. The molecule has 1 aliphatic heterocycles. The molecule has 1 aromatic rings. The molecule has 0 atom stereocenters. The Hall–Kier alpha value is -0.390. The minimum atomic E-state index is 0.0957. The Morgan fingerprint density at radius 1 is 1.47 bits per heavy atom. The number of rotatable bonds is 3. The number of hydrogen-bond acceptors (Lipinski definition) is 2. The first-order valence-electron chi connectivity index (χ1n) is 5.60. The fourth-order valence-electron chi connectivity index (χ4n) is 1.88. The number of carbonyl (C=O) groups is 1. The van der Waals surface area contributed by atoms with E-state index in [0.29, 0.717) is 6.04 Å². The Morgan fingerprint density at radius 2 is 2.18 bits per heavy atom. The maximum Gasteiger partial charge on any atom is 0.255 e. The highest BCUT2D eigenvalue weighted by Crippen LogP contribution is 2.24. The van der Waals surface area contributed by atoms with Crippen LogP contribution in [0.2, 0.25) is 0 Å². The zero-order chi connectivity index (χ0) is 12.4. The Bertz CT molecular complexity index is 433. The molecule has 1 saturated heterocycles. The molecular formula is C12H14Br2N2O. The van der Waals surface area contributed by atoms with Gasteiger partial charge in [-0.3, -0.25) is 4.79 Å². The van der Waals surface area contributed by atoms with Crippen LogP contribution >= 0.6 is 31.9 Å². The van der Waals surface area contributed by atoms with Crippen LogP contribution in [0.1, 0.15) is 17.3 Å². The van der Waals surface area contributed by atoms with E-state index >= 15 is 0 Å². The first-order chi connectivity index (χ1) is 8.13. The largest absolute Gasteiger partial charge is 0.333 e. The van der Waals surface area contributed by atoms with E-state index in [-0.39, 0.29) is 5.91 Å². The molecule has 0 aliphatic carbocycles. The molecule has 0 spiro atoms. The van der Waals surface area contributed by atoms with E-state index in [1.807, 2.05) is 30.0 Å². The third kappa shape index (κ3) is 2.72. The maximum atomic E-state index is 12.4. The zero-order valence-electron chi connectivity index (χ0n) is 9.54. The highest BCUT2D eigenvalue weighted by molar-refractivity contribution is 9.11. The van der Waals surface area contributed by atoms with Crippen molar-refractivity contribution < 1.29 is 4.79 Å². The van der Waals surface area contributed by atoms with Gasteiger partial charge < -0.3 is 10.2 Å². The van der Waals surface area contributed by atoms with Gasteiger partial charge in [-0.1, -0.05) is 15.9 Å². The van der Waals surface area contributed by atoms with Crippen LogP contribution in [0.3, 0.4) is 0 Å². The number of nitrogens with zero attached hydrogens (tertiary/aromatic N) is 1. The monoisotopic (exact) mass is 360 g/mol. The molecule has 5 heteroatoms. The molecule has 0 unspecified atom stereocenters. The molecule has 3 nitrogen and oxygen atoms in total. The van der Waals surface area contributed by atoms with Gasteiger partial charge >= 0.3 is 0 Å². The third-order valence-electron chi connectivity index (χ3n) is 2.96. The first-order valence-corrected chi connectivity index (χ1v) is 7.18. The van der Waals surface area contributed by atoms with Crippen LogP contribution in [-0.4, -0.2) is 36.5 Å². The van der Waals surface area contributed by atoms with Gasteiger partial charge in [-0.2, -0.15) is 0 Å². The second-order valence-electron chi connectivity index (χ2n) is 4.03. The third-order valence-corrected chi connectivity index (χ3v) is 4.11. The number of carbonyl (C=O) groups excluding carboxylic acids is 1. The van der Waals surface area contributed by atoms with Gasteiger partial charge in [-0.05, 0) is 41.1 Å². The molecule has 0 saturated carbocycles. The molecule has 1 N–H and O–H groups in total. The fourth-order valence-corrected chi connectivity index (χ4v) is 3.10. The van der Waals surface area contributed by atoms with Crippen LogP contribution in [0, 0.1) is 0 Å². The summed E-state index contributed by atoms with van der Waals surface area (Å²) >= 11 is 6.83. The van der Waals surface area contributed by atoms with E-state index in [9.17, 15) is 4.79 Å². The van der Waals surface area contributed by atoms with E-state index in [0.717, 1.165) is 34.1 Å². The molecule has 17 heavy (non-hydrogen) atoms. The zero-order valence-corrected chi connectivity index (χ0v) is 12.7. The standard InChI is InChI=1S/C12H14Br2N2O/c1-2-16(9-6-15-7-9)12(17)10-4-3-8(13)5-11(10)14/h3-5,9,15H,2,6-7H2,1H3. The predicted octanol–water partition coefficient (Wildman–Crippen LogP) is 2.65. The van der Waals surface area contributed by atoms with Crippen LogP contribution < -0.4 is 5.32 Å². The van der Waals surface area contributed by atoms with E-state index in [2.05, 4.69) is 37.2 Å². The summed E-state index contributed by atoms with van der Waals surface area (Å²) in [5.74, 6) is 0.0957. The summed E-state index contributed by atoms with van der Waals surface area (Å²) in [5, 5.41) is 3.19. The quantitative estimate of drug-likeness (QED) is 0.897. The van der Waals surface area contributed by atoms with E-state index in [1.165, 1.54) is 0 Å². The van der Waals surface area contributed by atoms with Gasteiger partial charge in [0.05, 0.1) is 11.6 Å². The van der Waals surface area contributed by atoms with Gasteiger partial charge in [0.2, 0.25) is 0 Å². The van der Waals surface area contributed by atoms with Crippen molar-refractivity contribution in [1.29, 1.82) is 0 Å². The number of halogens is 2. The van der Waals surface area contributed by atoms with Crippen LogP contribution in [0.15, 0.2) is 27.1 Å². The van der Waals surface area contributed by atoms with Crippen LogP contribution in [0.25, 0.3) is 0 Å². The lowest BCUT2D eigenvalue weighted by Gasteiger charge is -2.37. The van der Waals surface area contributed by atoms with Gasteiger partial charge in [0.1, 0.15) is 0 Å². The van der Waals surface area contributed by atoms with Gasteiger partial charge in [0.15, 0.2) is 0 Å². The topological polar surface area (TPSA) is 32.3 Å². The highest BCUT2D eigenvalue weighted by Gasteiger charge is 2.28.